The van der Waals surface area contributed by atoms with Gasteiger partial charge in [-0.05, 0) is 63.2 Å². The fraction of sp³-hybridized carbons (Fsp3) is 0.417. The second kappa shape index (κ2) is 10.3. The fourth-order valence-electron chi connectivity index (χ4n) is 3.99. The monoisotopic (exact) mass is 406 g/mol. The third kappa shape index (κ3) is 5.39. The van der Waals surface area contributed by atoms with Gasteiger partial charge in [0.25, 0.3) is 0 Å². The van der Waals surface area contributed by atoms with Gasteiger partial charge in [-0.2, -0.15) is 0 Å². The van der Waals surface area contributed by atoms with Crippen molar-refractivity contribution in [1.29, 1.82) is 0 Å². The summed E-state index contributed by atoms with van der Waals surface area (Å²) in [6, 6.07) is 17.6. The highest BCUT2D eigenvalue weighted by Crippen LogP contribution is 2.18. The maximum absolute atomic E-state index is 12.6. The van der Waals surface area contributed by atoms with Gasteiger partial charge in [0.05, 0.1) is 11.0 Å². The van der Waals surface area contributed by atoms with Crippen molar-refractivity contribution in [2.45, 2.75) is 38.8 Å². The molecule has 1 aliphatic heterocycles. The highest BCUT2D eigenvalue weighted by Gasteiger charge is 2.14. The van der Waals surface area contributed by atoms with Crippen LogP contribution in [0.4, 0.5) is 0 Å². The summed E-state index contributed by atoms with van der Waals surface area (Å²) < 4.78 is 7.85. The van der Waals surface area contributed by atoms with Crippen LogP contribution in [-0.2, 0) is 17.9 Å². The molecule has 0 saturated carbocycles. The van der Waals surface area contributed by atoms with E-state index in [-0.39, 0.29) is 12.5 Å². The van der Waals surface area contributed by atoms with E-state index in [2.05, 4.69) is 15.2 Å². The smallest absolute Gasteiger partial charge is 0.240 e. The number of rotatable bonds is 9. The Morgan fingerprint density at radius 3 is 2.60 bits per heavy atom. The molecule has 158 valence electrons. The summed E-state index contributed by atoms with van der Waals surface area (Å²) in [5.41, 5.74) is 1.83. The van der Waals surface area contributed by atoms with Crippen LogP contribution in [0.3, 0.4) is 0 Å². The second-order valence-electron chi connectivity index (χ2n) is 7.81. The van der Waals surface area contributed by atoms with Gasteiger partial charge < -0.3 is 19.5 Å². The van der Waals surface area contributed by atoms with E-state index in [0.29, 0.717) is 13.2 Å². The minimum Gasteiger partial charge on any atom is -0.486 e. The van der Waals surface area contributed by atoms with Crippen molar-refractivity contribution >= 4 is 16.9 Å². The molecule has 0 bridgehead atoms. The number of ether oxygens (including phenoxy) is 1. The Bertz CT molecular complexity index is 948. The maximum Gasteiger partial charge on any atom is 0.240 e. The molecule has 1 aliphatic rings. The van der Waals surface area contributed by atoms with Gasteiger partial charge in [0, 0.05) is 6.54 Å². The molecule has 6 nitrogen and oxygen atoms in total. The number of benzene rings is 2. The Hall–Kier alpha value is -2.86. The molecule has 4 rings (SSSR count). The Morgan fingerprint density at radius 1 is 1.00 bits per heavy atom. The van der Waals surface area contributed by atoms with Crippen LogP contribution in [0.2, 0.25) is 0 Å². The van der Waals surface area contributed by atoms with Crippen molar-refractivity contribution in [2.24, 2.45) is 0 Å². The average Bonchev–Trinajstić information content (AvgIpc) is 3.14. The number of hydrogen-bond donors (Lipinski definition) is 1. The van der Waals surface area contributed by atoms with Crippen molar-refractivity contribution in [3.05, 3.63) is 60.4 Å². The summed E-state index contributed by atoms with van der Waals surface area (Å²) in [5.74, 6) is 1.56. The van der Waals surface area contributed by atoms with Crippen LogP contribution in [-0.4, -0.2) is 46.5 Å². The summed E-state index contributed by atoms with van der Waals surface area (Å²) in [6.45, 7) is 4.72. The third-order valence-corrected chi connectivity index (χ3v) is 5.57. The molecule has 0 radical (unpaired) electrons. The van der Waals surface area contributed by atoms with Crippen molar-refractivity contribution in [3.63, 3.8) is 0 Å². The number of imidazole rings is 1. The first-order chi connectivity index (χ1) is 14.8. The van der Waals surface area contributed by atoms with Crippen molar-refractivity contribution in [3.8, 4) is 5.75 Å². The lowest BCUT2D eigenvalue weighted by Crippen LogP contribution is -2.34. The molecule has 1 saturated heterocycles. The summed E-state index contributed by atoms with van der Waals surface area (Å²) in [6.07, 6.45) is 4.94. The Labute approximate surface area is 177 Å². The second-order valence-corrected chi connectivity index (χ2v) is 7.81. The van der Waals surface area contributed by atoms with Crippen LogP contribution in [0.5, 0.6) is 5.75 Å². The number of hydrogen-bond acceptors (Lipinski definition) is 4. The highest BCUT2D eigenvalue weighted by molar-refractivity contribution is 5.81. The van der Waals surface area contributed by atoms with Crippen LogP contribution in [0, 0.1) is 0 Å². The van der Waals surface area contributed by atoms with Crippen molar-refractivity contribution in [2.75, 3.05) is 26.2 Å². The number of carbonyl (C=O) groups is 1. The summed E-state index contributed by atoms with van der Waals surface area (Å²) >= 11 is 0. The van der Waals surface area contributed by atoms with Gasteiger partial charge >= 0.3 is 0 Å². The van der Waals surface area contributed by atoms with Gasteiger partial charge in [-0.15, -0.1) is 0 Å². The highest BCUT2D eigenvalue weighted by atomic mass is 16.5. The van der Waals surface area contributed by atoms with E-state index in [1.165, 1.54) is 32.4 Å². The lowest BCUT2D eigenvalue weighted by atomic mass is 10.1. The lowest BCUT2D eigenvalue weighted by molar-refractivity contribution is -0.121. The molecule has 1 fully saturated rings. The van der Waals surface area contributed by atoms with Gasteiger partial charge in [-0.25, -0.2) is 4.98 Å². The van der Waals surface area contributed by atoms with E-state index >= 15 is 0 Å². The third-order valence-electron chi connectivity index (χ3n) is 5.57. The molecule has 2 aromatic carbocycles. The van der Waals surface area contributed by atoms with Gasteiger partial charge in [0.1, 0.15) is 24.7 Å². The normalized spacial score (nSPS) is 14.7. The summed E-state index contributed by atoms with van der Waals surface area (Å²) in [4.78, 5) is 19.8. The first-order valence-electron chi connectivity index (χ1n) is 10.9. The van der Waals surface area contributed by atoms with E-state index in [1.807, 2.05) is 59.2 Å². The Kier molecular flexibility index (Phi) is 6.98. The maximum atomic E-state index is 12.6. The summed E-state index contributed by atoms with van der Waals surface area (Å²) in [5, 5.41) is 3.07. The van der Waals surface area contributed by atoms with Gasteiger partial charge in [-0.3, -0.25) is 4.79 Å². The quantitative estimate of drug-likeness (QED) is 0.552. The minimum atomic E-state index is 0.0118. The van der Waals surface area contributed by atoms with Crippen molar-refractivity contribution in [1.82, 2.24) is 19.8 Å². The standard InChI is InChI=1S/C24H30N4O2/c29-24(25-14-9-17-27-15-7-2-8-16-27)18-28-22-13-6-5-12-21(22)26-23(28)19-30-20-10-3-1-4-11-20/h1,3-6,10-13H,2,7-9,14-19H2,(H,25,29). The first kappa shape index (κ1) is 20.4. The lowest BCUT2D eigenvalue weighted by Gasteiger charge is -2.26. The molecular weight excluding hydrogens is 376 g/mol. The zero-order chi connectivity index (χ0) is 20.6. The fourth-order valence-corrected chi connectivity index (χ4v) is 3.99. The molecule has 1 amide bonds. The van der Waals surface area contributed by atoms with Crippen LogP contribution >= 0.6 is 0 Å². The van der Waals surface area contributed by atoms with Crippen LogP contribution in [0.15, 0.2) is 54.6 Å². The number of amides is 1. The van der Waals surface area contributed by atoms with E-state index in [1.54, 1.807) is 0 Å². The first-order valence-corrected chi connectivity index (χ1v) is 10.9. The Balaban J connectivity index is 1.35. The van der Waals surface area contributed by atoms with Gasteiger partial charge in [0.15, 0.2) is 0 Å². The zero-order valence-electron chi connectivity index (χ0n) is 17.4. The summed E-state index contributed by atoms with van der Waals surface area (Å²) in [7, 11) is 0. The molecule has 2 heterocycles. The molecule has 3 aromatic rings. The minimum absolute atomic E-state index is 0.0118. The average molecular weight is 407 g/mol. The van der Waals surface area contributed by atoms with Gasteiger partial charge in [-0.1, -0.05) is 36.8 Å². The van der Waals surface area contributed by atoms with E-state index < -0.39 is 0 Å². The van der Waals surface area contributed by atoms with Crippen molar-refractivity contribution < 1.29 is 9.53 Å². The van der Waals surface area contributed by atoms with E-state index in [4.69, 9.17) is 4.74 Å². The molecule has 6 heteroatoms. The van der Waals surface area contributed by atoms with Crippen LogP contribution in [0.25, 0.3) is 11.0 Å². The SMILES string of the molecule is O=C(Cn1c(COc2ccccc2)nc2ccccc21)NCCCN1CCCCC1. The molecule has 0 aliphatic carbocycles. The van der Waals surface area contributed by atoms with Crippen LogP contribution < -0.4 is 10.1 Å². The van der Waals surface area contributed by atoms with E-state index in [9.17, 15) is 4.79 Å². The molecule has 0 spiro atoms. The molecular formula is C24H30N4O2. The number of para-hydroxylation sites is 3. The predicted molar refractivity (Wildman–Crippen MR) is 118 cm³/mol. The van der Waals surface area contributed by atoms with Gasteiger partial charge in [0.2, 0.25) is 5.91 Å². The topological polar surface area (TPSA) is 59.4 Å². The number of fused-ring (bicyclic) bond motifs is 1. The number of nitrogens with zero attached hydrogens (tertiary/aromatic N) is 3. The number of aromatic nitrogens is 2. The molecule has 0 unspecified atom stereocenters. The predicted octanol–water partition coefficient (Wildman–Crippen LogP) is 3.61. The Morgan fingerprint density at radius 2 is 1.77 bits per heavy atom. The molecule has 1 aromatic heterocycles. The molecule has 0 atom stereocenters. The van der Waals surface area contributed by atoms with E-state index in [0.717, 1.165) is 35.6 Å². The zero-order valence-corrected chi connectivity index (χ0v) is 17.4. The van der Waals surface area contributed by atoms with Crippen LogP contribution in [0.1, 0.15) is 31.5 Å². The molecule has 1 N–H and O–H groups in total. The number of piperidine rings is 1. The largest absolute Gasteiger partial charge is 0.486 e. The number of likely N-dealkylation sites (tertiary alicyclic amines) is 1. The number of carbonyl (C=O) groups excluding carboxylic acids is 1. The number of nitrogens with one attached hydrogen (secondary N) is 1. The molecule has 30 heavy (non-hydrogen) atoms.